The highest BCUT2D eigenvalue weighted by atomic mass is 32.2. The van der Waals surface area contributed by atoms with Gasteiger partial charge >= 0.3 is 6.18 Å². The number of carbonyl (C=O) groups excluding carboxylic acids is 1. The molecular weight excluding hydrogens is 525 g/mol. The van der Waals surface area contributed by atoms with Crippen LogP contribution in [0.1, 0.15) is 29.8 Å². The highest BCUT2D eigenvalue weighted by Crippen LogP contribution is 2.28. The summed E-state index contributed by atoms with van der Waals surface area (Å²) >= 11 is 0. The third kappa shape index (κ3) is 8.30. The Morgan fingerprint density at radius 1 is 1.21 bits per heavy atom. The number of amides is 1. The smallest absolute Gasteiger partial charge is 0.404 e. The zero-order chi connectivity index (χ0) is 28.1. The van der Waals surface area contributed by atoms with E-state index in [2.05, 4.69) is 9.88 Å². The molecule has 1 aromatic heterocycles. The van der Waals surface area contributed by atoms with E-state index >= 15 is 0 Å². The van der Waals surface area contributed by atoms with Crippen molar-refractivity contribution in [1.82, 2.24) is 14.8 Å². The molecule has 1 N–H and O–H groups in total. The first-order valence-corrected chi connectivity index (χ1v) is 13.7. The molecule has 0 fully saturated rings. The van der Waals surface area contributed by atoms with Gasteiger partial charge < -0.3 is 14.4 Å². The number of carbonyl (C=O) groups is 1. The minimum absolute atomic E-state index is 0.0220. The summed E-state index contributed by atoms with van der Waals surface area (Å²) in [7, 11) is -1.58. The molecule has 1 aromatic carbocycles. The van der Waals surface area contributed by atoms with E-state index in [-0.39, 0.29) is 48.2 Å². The Morgan fingerprint density at radius 3 is 2.58 bits per heavy atom. The summed E-state index contributed by atoms with van der Waals surface area (Å²) < 4.78 is 75.7. The van der Waals surface area contributed by atoms with E-state index in [0.29, 0.717) is 13.1 Å². The van der Waals surface area contributed by atoms with Crippen LogP contribution in [0.3, 0.4) is 0 Å². The van der Waals surface area contributed by atoms with Crippen molar-refractivity contribution in [2.75, 3.05) is 44.3 Å². The lowest BCUT2D eigenvalue weighted by molar-refractivity contribution is -0.106. The van der Waals surface area contributed by atoms with Gasteiger partial charge in [-0.1, -0.05) is 13.0 Å². The number of nitrogens with one attached hydrogen (secondary N) is 1. The Bertz CT molecular complexity index is 1200. The quantitative estimate of drug-likeness (QED) is 0.580. The first kappa shape index (κ1) is 29.7. The second kappa shape index (κ2) is 12.3. The molecule has 0 saturated carbocycles. The normalized spacial score (nSPS) is 22.1. The summed E-state index contributed by atoms with van der Waals surface area (Å²) in [6.07, 6.45) is -1.72. The number of hydrogen-bond donors (Lipinski definition) is 1. The molecule has 13 heteroatoms. The van der Waals surface area contributed by atoms with Crippen LogP contribution in [0.4, 0.5) is 18.9 Å². The first-order valence-electron chi connectivity index (χ1n) is 12.0. The Morgan fingerprint density at radius 2 is 1.95 bits per heavy atom. The fraction of sp³-hybridized carbons (Fsp3) is 0.520. The highest BCUT2D eigenvalue weighted by Gasteiger charge is 2.35. The van der Waals surface area contributed by atoms with Crippen LogP contribution < -0.4 is 9.46 Å². The lowest BCUT2D eigenvalue weighted by Gasteiger charge is -2.36. The van der Waals surface area contributed by atoms with E-state index in [4.69, 9.17) is 9.47 Å². The summed E-state index contributed by atoms with van der Waals surface area (Å²) in [4.78, 5) is 21.2. The molecule has 210 valence electrons. The number of rotatable bonds is 6. The maximum Gasteiger partial charge on any atom is 0.404 e. The third-order valence-electron chi connectivity index (χ3n) is 6.31. The second-order valence-corrected chi connectivity index (χ2v) is 11.3. The molecule has 0 bridgehead atoms. The zero-order valence-corrected chi connectivity index (χ0v) is 22.6. The molecule has 1 amide bonds. The fourth-order valence-electron chi connectivity index (χ4n) is 4.29. The highest BCUT2D eigenvalue weighted by molar-refractivity contribution is 7.92. The minimum Gasteiger partial charge on any atom is -0.491 e. The standard InChI is InChI=1S/C25H33F3N4O5S/c1-17-12-32(13-19-6-5-9-29-11-19)18(2)15-37-22-8-7-20(30-38(34,35)16-25(26,27)28)10-21(22)24(33)31(3)14-23(17)36-4/h5-11,17-18,23,30H,12-16H2,1-4H3/t17-,18+,23-/m0/s1. The van der Waals surface area contributed by atoms with Crippen molar-refractivity contribution in [3.05, 3.63) is 53.9 Å². The van der Waals surface area contributed by atoms with E-state index in [9.17, 15) is 26.4 Å². The molecule has 0 radical (unpaired) electrons. The summed E-state index contributed by atoms with van der Waals surface area (Å²) in [5, 5.41) is 0. The number of aromatic nitrogens is 1. The molecule has 3 rings (SSSR count). The maximum atomic E-state index is 13.4. The van der Waals surface area contributed by atoms with E-state index in [1.807, 2.05) is 30.7 Å². The van der Waals surface area contributed by atoms with Crippen LogP contribution in [0, 0.1) is 5.92 Å². The Kier molecular flexibility index (Phi) is 9.60. The Hall–Kier alpha value is -2.90. The zero-order valence-electron chi connectivity index (χ0n) is 21.7. The van der Waals surface area contributed by atoms with Gasteiger partial charge in [-0.3, -0.25) is 19.4 Å². The summed E-state index contributed by atoms with van der Waals surface area (Å²) in [5.74, 6) is -2.31. The van der Waals surface area contributed by atoms with Crippen molar-refractivity contribution in [3.63, 3.8) is 0 Å². The number of methoxy groups -OCH3 is 1. The van der Waals surface area contributed by atoms with Crippen molar-refractivity contribution in [1.29, 1.82) is 0 Å². The first-order chi connectivity index (χ1) is 17.8. The van der Waals surface area contributed by atoms with Gasteiger partial charge in [0.1, 0.15) is 12.4 Å². The fourth-order valence-corrected chi connectivity index (χ4v) is 5.28. The van der Waals surface area contributed by atoms with Crippen LogP contribution in [0.5, 0.6) is 5.75 Å². The third-order valence-corrected chi connectivity index (χ3v) is 7.56. The van der Waals surface area contributed by atoms with Gasteiger partial charge in [0, 0.05) is 57.9 Å². The summed E-state index contributed by atoms with van der Waals surface area (Å²) in [5.41, 5.74) is 0.873. The predicted molar refractivity (Wildman–Crippen MR) is 136 cm³/mol. The van der Waals surface area contributed by atoms with Crippen LogP contribution >= 0.6 is 0 Å². The van der Waals surface area contributed by atoms with Crippen molar-refractivity contribution in [2.24, 2.45) is 5.92 Å². The number of sulfonamides is 1. The number of pyridine rings is 1. The molecule has 1 aliphatic rings. The van der Waals surface area contributed by atoms with Crippen molar-refractivity contribution >= 4 is 21.6 Å². The lowest BCUT2D eigenvalue weighted by atomic mass is 10.0. The van der Waals surface area contributed by atoms with Gasteiger partial charge in [-0.05, 0) is 42.7 Å². The summed E-state index contributed by atoms with van der Waals surface area (Å²) in [6.45, 7) is 5.73. The number of alkyl halides is 3. The predicted octanol–water partition coefficient (Wildman–Crippen LogP) is 3.39. The molecule has 9 nitrogen and oxygen atoms in total. The Labute approximate surface area is 221 Å². The molecule has 0 unspecified atom stereocenters. The van der Waals surface area contributed by atoms with Crippen LogP contribution in [0.15, 0.2) is 42.7 Å². The topological polar surface area (TPSA) is 101 Å². The lowest BCUT2D eigenvalue weighted by Crippen LogP contribution is -2.46. The number of likely N-dealkylation sites (N-methyl/N-ethyl adjacent to an activating group) is 1. The number of anilines is 1. The average Bonchev–Trinajstić information content (AvgIpc) is 2.83. The molecule has 2 heterocycles. The number of halogens is 3. The van der Waals surface area contributed by atoms with E-state index in [0.717, 1.165) is 5.56 Å². The number of fused-ring (bicyclic) bond motifs is 1. The SMILES string of the molecule is CO[C@H]1CN(C)C(=O)c2cc(NS(=O)(=O)CC(F)(F)F)ccc2OC[C@@H](C)N(Cc2cccnc2)C[C@@H]1C. The second-order valence-electron chi connectivity index (χ2n) is 9.58. The Balaban J connectivity index is 1.94. The monoisotopic (exact) mass is 558 g/mol. The summed E-state index contributed by atoms with van der Waals surface area (Å²) in [6, 6.07) is 7.60. The number of ether oxygens (including phenoxy) is 2. The number of nitrogens with zero attached hydrogens (tertiary/aromatic N) is 3. The van der Waals surface area contributed by atoms with Gasteiger partial charge in [-0.25, -0.2) is 8.42 Å². The minimum atomic E-state index is -4.91. The van der Waals surface area contributed by atoms with Crippen LogP contribution in [-0.2, 0) is 21.3 Å². The average molecular weight is 559 g/mol. The van der Waals surface area contributed by atoms with E-state index < -0.39 is 27.9 Å². The number of hydrogen-bond acceptors (Lipinski definition) is 7. The van der Waals surface area contributed by atoms with Gasteiger partial charge in [-0.15, -0.1) is 0 Å². The van der Waals surface area contributed by atoms with E-state index in [1.54, 1.807) is 26.6 Å². The van der Waals surface area contributed by atoms with E-state index in [1.165, 1.54) is 23.1 Å². The van der Waals surface area contributed by atoms with Gasteiger partial charge in [0.25, 0.3) is 5.91 Å². The van der Waals surface area contributed by atoms with Gasteiger partial charge in [0.15, 0.2) is 5.75 Å². The molecule has 38 heavy (non-hydrogen) atoms. The molecule has 2 aromatic rings. The number of benzene rings is 1. The molecule has 1 aliphatic heterocycles. The van der Waals surface area contributed by atoms with Gasteiger partial charge in [0.2, 0.25) is 10.0 Å². The molecule has 0 spiro atoms. The maximum absolute atomic E-state index is 13.4. The van der Waals surface area contributed by atoms with Crippen LogP contribution in [0.2, 0.25) is 0 Å². The van der Waals surface area contributed by atoms with Crippen molar-refractivity contribution < 1.29 is 35.9 Å². The van der Waals surface area contributed by atoms with Crippen molar-refractivity contribution in [2.45, 2.75) is 38.7 Å². The van der Waals surface area contributed by atoms with Gasteiger partial charge in [-0.2, -0.15) is 13.2 Å². The van der Waals surface area contributed by atoms with Gasteiger partial charge in [0.05, 0.1) is 11.7 Å². The largest absolute Gasteiger partial charge is 0.491 e. The molecular formula is C25H33F3N4O5S. The van der Waals surface area contributed by atoms with Crippen LogP contribution in [0.25, 0.3) is 0 Å². The van der Waals surface area contributed by atoms with Crippen molar-refractivity contribution in [3.8, 4) is 5.75 Å². The molecule has 0 aliphatic carbocycles. The van der Waals surface area contributed by atoms with Crippen LogP contribution in [-0.4, -0.2) is 87.0 Å². The molecule has 3 atom stereocenters. The molecule has 0 saturated heterocycles.